The van der Waals surface area contributed by atoms with Crippen LogP contribution in [0.5, 0.6) is 11.5 Å². The minimum Gasteiger partial charge on any atom is -0.457 e. The van der Waals surface area contributed by atoms with Crippen molar-refractivity contribution in [2.45, 2.75) is 116 Å². The van der Waals surface area contributed by atoms with Gasteiger partial charge in [-0.2, -0.15) is 0 Å². The lowest BCUT2D eigenvalue weighted by Gasteiger charge is -2.37. The van der Waals surface area contributed by atoms with Gasteiger partial charge >= 0.3 is 0 Å². The minimum atomic E-state index is -1.75. The van der Waals surface area contributed by atoms with Gasteiger partial charge in [0.2, 0.25) is 0 Å². The molecule has 2 aliphatic rings. The smallest absolute Gasteiger partial charge is 0.145 e. The first-order chi connectivity index (χ1) is 43.7. The molecule has 1 heterocycles. The van der Waals surface area contributed by atoms with E-state index >= 15 is 8.78 Å². The third kappa shape index (κ3) is 10.0. The number of nitrogens with zero attached hydrogens (tertiary/aromatic N) is 2. The topological polar surface area (TPSA) is 28.9 Å². The summed E-state index contributed by atoms with van der Waals surface area (Å²) in [5, 5.41) is 4.61. The molecule has 4 nitrogen and oxygen atoms in total. The fourth-order valence-corrected chi connectivity index (χ4v) is 17.0. The van der Waals surface area contributed by atoms with E-state index in [1.165, 1.54) is 32.6 Å². The molecule has 92 heavy (non-hydrogen) atoms. The molecule has 0 N–H and O–H groups in total. The van der Waals surface area contributed by atoms with E-state index in [1.807, 2.05) is 24.3 Å². The molecule has 0 fully saturated rings. The van der Waals surface area contributed by atoms with Crippen molar-refractivity contribution in [2.75, 3.05) is 9.80 Å². The summed E-state index contributed by atoms with van der Waals surface area (Å²) >= 11 is 0. The summed E-state index contributed by atoms with van der Waals surface area (Å²) in [6.45, 7) is 32.5. The van der Waals surface area contributed by atoms with E-state index in [0.717, 1.165) is 106 Å². The predicted octanol–water partition coefficient (Wildman–Crippen LogP) is 23.0. The van der Waals surface area contributed by atoms with Crippen LogP contribution >= 0.6 is 0 Å². The highest BCUT2D eigenvalue weighted by atomic mass is 28.3. The van der Waals surface area contributed by atoms with E-state index in [0.29, 0.717) is 5.75 Å². The normalized spacial score (nSPS) is 15.1. The maximum absolute atomic E-state index is 15.5. The second kappa shape index (κ2) is 21.8. The first kappa shape index (κ1) is 60.5. The molecule has 1 aromatic heterocycles. The Kier molecular flexibility index (Phi) is 14.3. The van der Waals surface area contributed by atoms with Crippen LogP contribution in [0.15, 0.2) is 235 Å². The molecule has 11 aromatic carbocycles. The Labute approximate surface area is 543 Å². The Hall–Kier alpha value is -9.09. The lowest BCUT2D eigenvalue weighted by Crippen LogP contribution is -2.37. The third-order valence-corrected chi connectivity index (χ3v) is 23.7. The molecule has 0 radical (unpaired) electrons. The Bertz CT molecular complexity index is 4810. The number of fused-ring (bicyclic) bond motifs is 11. The number of halogens is 2. The van der Waals surface area contributed by atoms with Crippen molar-refractivity contribution in [1.82, 2.24) is 0 Å². The zero-order valence-electron chi connectivity index (χ0n) is 55.4. The maximum Gasteiger partial charge on any atom is 0.145 e. The molecule has 14 rings (SSSR count). The molecule has 12 aromatic rings. The van der Waals surface area contributed by atoms with Gasteiger partial charge in [0.15, 0.2) is 0 Å². The highest BCUT2D eigenvalue weighted by Crippen LogP contribution is 2.68. The minimum absolute atomic E-state index is 0.0120. The summed E-state index contributed by atoms with van der Waals surface area (Å²) in [6, 6.07) is 80.9. The van der Waals surface area contributed by atoms with E-state index in [1.54, 1.807) is 24.3 Å². The monoisotopic (exact) mass is 1240 g/mol. The predicted molar refractivity (Wildman–Crippen MR) is 388 cm³/mol. The van der Waals surface area contributed by atoms with Crippen LogP contribution in [0.3, 0.4) is 0 Å². The molecule has 0 saturated carbocycles. The number of ether oxygens (including phenoxy) is 1. The Morgan fingerprint density at radius 2 is 0.837 bits per heavy atom. The zero-order valence-corrected chi connectivity index (χ0v) is 57.4. The van der Waals surface area contributed by atoms with Crippen molar-refractivity contribution in [3.63, 3.8) is 0 Å². The van der Waals surface area contributed by atoms with E-state index in [9.17, 15) is 0 Å². The van der Waals surface area contributed by atoms with Gasteiger partial charge in [0.05, 0.1) is 38.3 Å². The Morgan fingerprint density at radius 1 is 0.424 bits per heavy atom. The molecule has 0 aliphatic heterocycles. The van der Waals surface area contributed by atoms with Gasteiger partial charge in [0.25, 0.3) is 0 Å². The second-order valence-electron chi connectivity index (χ2n) is 30.1. The number of hydrogen-bond acceptors (Lipinski definition) is 4. The van der Waals surface area contributed by atoms with Gasteiger partial charge in [-0.25, -0.2) is 8.78 Å². The highest BCUT2D eigenvalue weighted by molar-refractivity contribution is 6.89. The molecule has 0 spiro atoms. The van der Waals surface area contributed by atoms with Crippen LogP contribution in [-0.4, -0.2) is 16.1 Å². The van der Waals surface area contributed by atoms with Crippen molar-refractivity contribution in [1.29, 1.82) is 0 Å². The average molecular weight is 1240 g/mol. The molecule has 1 unspecified atom stereocenters. The largest absolute Gasteiger partial charge is 0.457 e. The summed E-state index contributed by atoms with van der Waals surface area (Å²) in [6.07, 6.45) is 0. The Morgan fingerprint density at radius 3 is 1.34 bits per heavy atom. The average Bonchev–Trinajstić information content (AvgIpc) is 1.49. The first-order valence-corrected chi connectivity index (χ1v) is 39.3. The van der Waals surface area contributed by atoms with Crippen molar-refractivity contribution in [3.8, 4) is 33.8 Å². The van der Waals surface area contributed by atoms with Gasteiger partial charge in [0, 0.05) is 44.7 Å². The molecule has 460 valence electrons. The molecule has 0 saturated heterocycles. The first-order valence-electron chi connectivity index (χ1n) is 32.3. The molecule has 0 bridgehead atoms. The second-order valence-corrected chi connectivity index (χ2v) is 40.2. The summed E-state index contributed by atoms with van der Waals surface area (Å²) in [5.74, 6) is 0.852. The van der Waals surface area contributed by atoms with Gasteiger partial charge < -0.3 is 19.0 Å². The van der Waals surface area contributed by atoms with Gasteiger partial charge in [-0.1, -0.05) is 220 Å². The summed E-state index contributed by atoms with van der Waals surface area (Å²) in [4.78, 5) is 4.68. The lowest BCUT2D eigenvalue weighted by molar-refractivity contribution is 0.481. The molecule has 1 atom stereocenters. The molecule has 2 aliphatic carbocycles. The molecular weight excluding hydrogens is 1160 g/mol. The highest BCUT2D eigenvalue weighted by Gasteiger charge is 2.54. The number of anilines is 6. The molecular formula is C84H80F2N2O2Si2. The third-order valence-electron chi connectivity index (χ3n) is 19.6. The number of para-hydroxylation sites is 1. The SMILES string of the molecule is CC(C)(C)c1ccc(Oc2ccc(C3(c4ccc(C(C)(C)C)cc4)c4cc(N(c5ccc(F)cc5)c5ccc([Si](C)(C)C)cc5)c5c(c4-c4c3cc(N(c3ccc(F)cc3)c3ccc([Si](C)(C)C)cc3)c3c4oc4ccccc43)C(C)(C)c3ccccc3-5)cc2)cc1. The van der Waals surface area contributed by atoms with Gasteiger partial charge in [-0.3, -0.25) is 0 Å². The number of hydrogen-bond donors (Lipinski definition) is 0. The van der Waals surface area contributed by atoms with Crippen LogP contribution < -0.4 is 24.9 Å². The summed E-state index contributed by atoms with van der Waals surface area (Å²) in [7, 11) is -3.49. The van der Waals surface area contributed by atoms with E-state index in [-0.39, 0.29) is 22.5 Å². The van der Waals surface area contributed by atoms with E-state index in [4.69, 9.17) is 9.15 Å². The standard InChI is InChI=1S/C84H80F2N2O2Si2/c1-81(2,3)53-23-25-55(26-24-53)84(56-29-45-64(46-30-56)89-63-43-27-54(28-44-63)82(4,5)6)70-51-72(87(59-35-31-57(85)32-36-59)61-39-47-65(48-40-61)91(9,10)11)75-67-19-15-17-21-69(67)83(7,8)79(75)77(70)78-71(84)52-73(76-68-20-16-18-22-74(68)90-80(76)78)88(60-37-33-58(86)34-38-60)62-41-49-66(50-42-62)92(12,13)14/h15-52H,1-14H3. The zero-order chi connectivity index (χ0) is 64.6. The van der Waals surface area contributed by atoms with E-state index < -0.39 is 27.0 Å². The van der Waals surface area contributed by atoms with E-state index in [2.05, 4.69) is 286 Å². The fraction of sp³-hybridized carbons (Fsp3) is 0.214. The number of rotatable bonds is 12. The van der Waals surface area contributed by atoms with Crippen molar-refractivity contribution < 1.29 is 17.9 Å². The lowest BCUT2D eigenvalue weighted by atomic mass is 9.66. The van der Waals surface area contributed by atoms with Crippen molar-refractivity contribution in [3.05, 3.63) is 287 Å². The van der Waals surface area contributed by atoms with Crippen LogP contribution in [0.25, 0.3) is 44.2 Å². The van der Waals surface area contributed by atoms with Crippen LogP contribution in [0, 0.1) is 11.6 Å². The fourth-order valence-electron chi connectivity index (χ4n) is 14.6. The summed E-state index contributed by atoms with van der Waals surface area (Å²) < 4.78 is 45.5. The van der Waals surface area contributed by atoms with Crippen molar-refractivity contribution >= 4 is 82.6 Å². The van der Waals surface area contributed by atoms with Crippen molar-refractivity contribution in [2.24, 2.45) is 0 Å². The maximum atomic E-state index is 15.5. The van der Waals surface area contributed by atoms with Crippen LogP contribution in [0.1, 0.15) is 99.9 Å². The van der Waals surface area contributed by atoms with Gasteiger partial charge in [-0.15, -0.1) is 0 Å². The quantitative estimate of drug-likeness (QED) is 0.114. The van der Waals surface area contributed by atoms with Crippen LogP contribution in [0.4, 0.5) is 42.9 Å². The Balaban J connectivity index is 1.17. The molecule has 0 amide bonds. The van der Waals surface area contributed by atoms with Gasteiger partial charge in [-0.05, 0) is 182 Å². The number of benzene rings is 11. The van der Waals surface area contributed by atoms with Crippen LogP contribution in [-0.2, 0) is 21.7 Å². The number of furan rings is 1. The molecule has 8 heteroatoms. The van der Waals surface area contributed by atoms with Gasteiger partial charge in [0.1, 0.15) is 34.3 Å². The van der Waals surface area contributed by atoms with Crippen LogP contribution in [0.2, 0.25) is 39.3 Å². The summed E-state index contributed by atoms with van der Waals surface area (Å²) in [5.41, 5.74) is 18.5.